The first-order valence-corrected chi connectivity index (χ1v) is 12.5. The second kappa shape index (κ2) is 9.90. The molecule has 1 amide bonds. The van der Waals surface area contributed by atoms with Crippen LogP contribution in [0.1, 0.15) is 37.1 Å². The third kappa shape index (κ3) is 4.80. The van der Waals surface area contributed by atoms with Crippen LogP contribution < -0.4 is 10.1 Å². The van der Waals surface area contributed by atoms with Gasteiger partial charge in [0.15, 0.2) is 11.5 Å². The van der Waals surface area contributed by atoms with Crippen LogP contribution in [0.2, 0.25) is 0 Å². The van der Waals surface area contributed by atoms with E-state index < -0.39 is 17.2 Å². The Kier molecular flexibility index (Phi) is 6.77. The molecule has 3 heterocycles. The van der Waals surface area contributed by atoms with E-state index in [1.54, 1.807) is 41.7 Å². The number of amides is 1. The van der Waals surface area contributed by atoms with Crippen LogP contribution in [0.3, 0.4) is 0 Å². The van der Waals surface area contributed by atoms with Gasteiger partial charge in [-0.3, -0.25) is 4.79 Å². The summed E-state index contributed by atoms with van der Waals surface area (Å²) in [5.41, 5.74) is 2.15. The van der Waals surface area contributed by atoms with Gasteiger partial charge in [-0.1, -0.05) is 23.8 Å². The van der Waals surface area contributed by atoms with Crippen molar-refractivity contribution in [1.82, 2.24) is 24.8 Å². The molecule has 7 nitrogen and oxygen atoms in total. The number of nitrogens with zero attached hydrogens (tertiary/aromatic N) is 4. The van der Waals surface area contributed by atoms with Crippen LogP contribution in [0.4, 0.5) is 13.2 Å². The lowest BCUT2D eigenvalue weighted by atomic mass is 9.72. The number of ether oxygens (including phenoxy) is 1. The van der Waals surface area contributed by atoms with Crippen molar-refractivity contribution in [2.24, 2.45) is 0 Å². The quantitative estimate of drug-likeness (QED) is 0.519. The number of halogens is 3. The van der Waals surface area contributed by atoms with Gasteiger partial charge in [-0.05, 0) is 68.3 Å². The molecular formula is C28H30F3N5O2. The van der Waals surface area contributed by atoms with E-state index in [9.17, 15) is 18.0 Å². The van der Waals surface area contributed by atoms with E-state index in [0.717, 1.165) is 38.1 Å². The van der Waals surface area contributed by atoms with Gasteiger partial charge < -0.3 is 15.0 Å². The molecule has 0 radical (unpaired) electrons. The standard InChI is InChI=1S/C28H30F3N5O2/c1-35(2)25(37)17-27(12-9-18-10-13-32-14-11-19(18)16-27)26-33-24-6-4-5-22(36(24)34-26)21-15-20(28(29,30)31)7-8-23(21)38-3/h4-9,12,15,32H,10-11,13-14,16-17H2,1-3H3. The van der Waals surface area contributed by atoms with Crippen LogP contribution in [-0.2, 0) is 16.4 Å². The lowest BCUT2D eigenvalue weighted by Crippen LogP contribution is -2.36. The van der Waals surface area contributed by atoms with Gasteiger partial charge in [-0.15, -0.1) is 5.10 Å². The molecule has 200 valence electrons. The SMILES string of the molecule is COc1ccc(C(F)(F)F)cc1-c1cccc2nc(C3(CC(=O)N(C)C)C=CC4=C(CCNCC4)C3)nn12. The molecule has 1 aliphatic heterocycles. The number of alkyl halides is 3. The Morgan fingerprint density at radius 3 is 2.71 bits per heavy atom. The normalized spacial score (nSPS) is 19.8. The number of hydrogen-bond donors (Lipinski definition) is 1. The smallest absolute Gasteiger partial charge is 0.416 e. The Hall–Kier alpha value is -3.66. The minimum Gasteiger partial charge on any atom is -0.496 e. The summed E-state index contributed by atoms with van der Waals surface area (Å²) in [6.45, 7) is 1.77. The first-order valence-electron chi connectivity index (χ1n) is 12.5. The van der Waals surface area contributed by atoms with Gasteiger partial charge in [0.05, 0.1) is 23.8 Å². The predicted octanol–water partition coefficient (Wildman–Crippen LogP) is 4.78. The molecule has 3 aromatic rings. The van der Waals surface area contributed by atoms with Crippen molar-refractivity contribution in [1.29, 1.82) is 0 Å². The van der Waals surface area contributed by atoms with Crippen LogP contribution in [0.25, 0.3) is 16.9 Å². The second-order valence-corrected chi connectivity index (χ2v) is 10.0. The minimum atomic E-state index is -4.51. The molecule has 0 fully saturated rings. The maximum absolute atomic E-state index is 13.6. The zero-order valence-corrected chi connectivity index (χ0v) is 21.6. The highest BCUT2D eigenvalue weighted by Gasteiger charge is 2.40. The van der Waals surface area contributed by atoms with Crippen molar-refractivity contribution in [3.8, 4) is 17.0 Å². The summed E-state index contributed by atoms with van der Waals surface area (Å²) in [7, 11) is 4.86. The molecule has 1 aromatic carbocycles. The van der Waals surface area contributed by atoms with Crippen molar-refractivity contribution in [3.05, 3.63) is 71.1 Å². The number of carbonyl (C=O) groups excluding carboxylic acids is 1. The number of methoxy groups -OCH3 is 1. The first kappa shape index (κ1) is 26.0. The van der Waals surface area contributed by atoms with Gasteiger partial charge in [0.25, 0.3) is 0 Å². The van der Waals surface area contributed by atoms with E-state index in [1.165, 1.54) is 24.3 Å². The van der Waals surface area contributed by atoms with E-state index in [4.69, 9.17) is 14.8 Å². The number of carbonyl (C=O) groups is 1. The second-order valence-electron chi connectivity index (χ2n) is 10.0. The Bertz CT molecular complexity index is 1440. The van der Waals surface area contributed by atoms with Gasteiger partial charge >= 0.3 is 6.18 Å². The van der Waals surface area contributed by atoms with Crippen molar-refractivity contribution in [2.45, 2.75) is 37.3 Å². The number of allylic oxidation sites excluding steroid dienone is 2. The maximum atomic E-state index is 13.6. The molecule has 1 N–H and O–H groups in total. The summed E-state index contributed by atoms with van der Waals surface area (Å²) in [6, 6.07) is 8.55. The highest BCUT2D eigenvalue weighted by Crippen LogP contribution is 2.42. The molecule has 1 unspecified atom stereocenters. The monoisotopic (exact) mass is 525 g/mol. The summed E-state index contributed by atoms with van der Waals surface area (Å²) in [5.74, 6) is 0.702. The maximum Gasteiger partial charge on any atom is 0.416 e. The minimum absolute atomic E-state index is 0.0518. The highest BCUT2D eigenvalue weighted by molar-refractivity contribution is 5.78. The van der Waals surface area contributed by atoms with Crippen molar-refractivity contribution in [3.63, 3.8) is 0 Å². The fraction of sp³-hybridized carbons (Fsp3) is 0.393. The van der Waals surface area contributed by atoms with E-state index in [-0.39, 0.29) is 17.9 Å². The summed E-state index contributed by atoms with van der Waals surface area (Å²) in [4.78, 5) is 19.4. The van der Waals surface area contributed by atoms with Gasteiger partial charge in [0.2, 0.25) is 5.91 Å². The Morgan fingerprint density at radius 2 is 1.97 bits per heavy atom. The average molecular weight is 526 g/mol. The summed E-state index contributed by atoms with van der Waals surface area (Å²) < 4.78 is 47.6. The van der Waals surface area contributed by atoms with E-state index >= 15 is 0 Å². The molecular weight excluding hydrogens is 495 g/mol. The fourth-order valence-electron chi connectivity index (χ4n) is 5.21. The van der Waals surface area contributed by atoms with E-state index in [1.807, 2.05) is 6.08 Å². The number of rotatable bonds is 5. The molecule has 0 saturated carbocycles. The topological polar surface area (TPSA) is 71.8 Å². The Labute approximate surface area is 219 Å². The molecule has 5 rings (SSSR count). The molecule has 1 atom stereocenters. The van der Waals surface area contributed by atoms with Crippen LogP contribution in [0.5, 0.6) is 5.75 Å². The Morgan fingerprint density at radius 1 is 1.18 bits per heavy atom. The molecule has 10 heteroatoms. The number of benzene rings is 1. The molecule has 1 aliphatic carbocycles. The van der Waals surface area contributed by atoms with E-state index in [2.05, 4.69) is 11.4 Å². The third-order valence-corrected chi connectivity index (χ3v) is 7.33. The highest BCUT2D eigenvalue weighted by atomic mass is 19.4. The van der Waals surface area contributed by atoms with Crippen LogP contribution in [0.15, 0.2) is 59.7 Å². The summed E-state index contributed by atoms with van der Waals surface area (Å²) in [5, 5.41) is 8.26. The molecule has 2 aliphatic rings. The van der Waals surface area contributed by atoms with Crippen molar-refractivity contribution < 1.29 is 22.7 Å². The largest absolute Gasteiger partial charge is 0.496 e. The van der Waals surface area contributed by atoms with Gasteiger partial charge in [-0.25, -0.2) is 9.50 Å². The van der Waals surface area contributed by atoms with E-state index in [0.29, 0.717) is 29.3 Å². The van der Waals surface area contributed by atoms with Crippen molar-refractivity contribution >= 4 is 11.6 Å². The molecule has 0 spiro atoms. The molecule has 0 bridgehead atoms. The average Bonchev–Trinajstić information content (AvgIpc) is 3.21. The third-order valence-electron chi connectivity index (χ3n) is 7.33. The zero-order chi connectivity index (χ0) is 27.1. The number of pyridine rings is 1. The number of hydrogen-bond acceptors (Lipinski definition) is 5. The zero-order valence-electron chi connectivity index (χ0n) is 21.6. The predicted molar refractivity (Wildman–Crippen MR) is 138 cm³/mol. The van der Waals surface area contributed by atoms with Gasteiger partial charge in [0.1, 0.15) is 5.75 Å². The van der Waals surface area contributed by atoms with Gasteiger partial charge in [-0.2, -0.15) is 13.2 Å². The number of aromatic nitrogens is 3. The number of nitrogens with one attached hydrogen (secondary N) is 1. The molecule has 38 heavy (non-hydrogen) atoms. The van der Waals surface area contributed by atoms with Crippen LogP contribution in [-0.4, -0.2) is 59.7 Å². The number of fused-ring (bicyclic) bond motifs is 1. The fourth-order valence-corrected chi connectivity index (χ4v) is 5.21. The summed E-state index contributed by atoms with van der Waals surface area (Å²) >= 11 is 0. The first-order chi connectivity index (χ1) is 18.1. The van der Waals surface area contributed by atoms with Crippen LogP contribution in [0, 0.1) is 0 Å². The van der Waals surface area contributed by atoms with Crippen LogP contribution >= 0.6 is 0 Å². The summed E-state index contributed by atoms with van der Waals surface area (Å²) in [6.07, 6.45) is 2.21. The lowest BCUT2D eigenvalue weighted by molar-refractivity contribution is -0.137. The van der Waals surface area contributed by atoms with Gasteiger partial charge in [0, 0.05) is 26.1 Å². The van der Waals surface area contributed by atoms with Crippen molar-refractivity contribution in [2.75, 3.05) is 34.3 Å². The Balaban J connectivity index is 1.65. The molecule has 0 saturated heterocycles. The molecule has 2 aromatic heterocycles. The lowest BCUT2D eigenvalue weighted by Gasteiger charge is -2.33.